The maximum atomic E-state index is 15.4. The molecule has 37 heavy (non-hydrogen) atoms. The summed E-state index contributed by atoms with van der Waals surface area (Å²) in [6.07, 6.45) is 4.92. The molecule has 0 spiro atoms. The van der Waals surface area contributed by atoms with Gasteiger partial charge in [-0.3, -0.25) is 19.5 Å². The normalized spacial score (nSPS) is 13.5. The Hall–Kier alpha value is -4.22. The molecule has 0 atom stereocenters. The molecule has 1 aliphatic rings. The second-order valence-electron chi connectivity index (χ2n) is 8.47. The summed E-state index contributed by atoms with van der Waals surface area (Å²) < 4.78 is 42.5. The summed E-state index contributed by atoms with van der Waals surface area (Å²) in [4.78, 5) is 20.8. The molecule has 9 nitrogen and oxygen atoms in total. The first kappa shape index (κ1) is 25.9. The average molecular weight is 507 g/mol. The minimum absolute atomic E-state index is 0.0898. The minimum atomic E-state index is -1.02. The third kappa shape index (κ3) is 4.78. The average Bonchev–Trinajstić information content (AvgIpc) is 3.29. The van der Waals surface area contributed by atoms with Gasteiger partial charge in [-0.2, -0.15) is 5.10 Å². The van der Waals surface area contributed by atoms with Gasteiger partial charge in [0.1, 0.15) is 13.0 Å². The van der Waals surface area contributed by atoms with Gasteiger partial charge in [0.2, 0.25) is 0 Å². The molecule has 3 heterocycles. The number of benzene rings is 1. The van der Waals surface area contributed by atoms with Gasteiger partial charge >= 0.3 is 6.03 Å². The van der Waals surface area contributed by atoms with Crippen LogP contribution in [0.4, 0.5) is 25.0 Å². The molecule has 0 saturated heterocycles. The lowest BCUT2D eigenvalue weighted by molar-refractivity contribution is 0.249. The number of urea groups is 1. The van der Waals surface area contributed by atoms with Crippen molar-refractivity contribution in [3.05, 3.63) is 65.2 Å². The topological polar surface area (TPSA) is 96.6 Å². The Kier molecular flexibility index (Phi) is 7.28. The van der Waals surface area contributed by atoms with E-state index >= 15 is 8.78 Å². The monoisotopic (exact) mass is 507 g/mol. The molecule has 3 aromatic rings. The number of allylic oxidation sites excluding steroid dienone is 1. The van der Waals surface area contributed by atoms with Gasteiger partial charge in [0.15, 0.2) is 23.1 Å². The van der Waals surface area contributed by atoms with Crippen LogP contribution in [0.2, 0.25) is 6.82 Å². The molecule has 4 rings (SSSR count). The van der Waals surface area contributed by atoms with Crippen LogP contribution in [-0.4, -0.2) is 48.0 Å². The zero-order valence-corrected chi connectivity index (χ0v) is 21.2. The number of anilines is 2. The number of aryl methyl sites for hydroxylation is 1. The number of nitrogens with one attached hydrogen (secondary N) is 1. The van der Waals surface area contributed by atoms with Crippen molar-refractivity contribution in [2.24, 2.45) is 7.05 Å². The van der Waals surface area contributed by atoms with Crippen molar-refractivity contribution < 1.29 is 23.0 Å². The molecule has 2 aromatic heterocycles. The number of carbonyl (C=O) groups is 1. The van der Waals surface area contributed by atoms with E-state index in [1.165, 1.54) is 19.1 Å². The van der Waals surface area contributed by atoms with Crippen LogP contribution in [0.1, 0.15) is 23.7 Å². The molecule has 2 amide bonds. The van der Waals surface area contributed by atoms with Gasteiger partial charge in [-0.05, 0) is 13.0 Å². The van der Waals surface area contributed by atoms with E-state index in [0.29, 0.717) is 33.8 Å². The zero-order valence-electron chi connectivity index (χ0n) is 21.2. The third-order valence-electron chi connectivity index (χ3n) is 5.98. The lowest BCUT2D eigenvalue weighted by atomic mass is 9.79. The minimum Gasteiger partial charge on any atom is -0.493 e. The van der Waals surface area contributed by atoms with E-state index in [9.17, 15) is 4.79 Å². The number of rotatable bonds is 8. The molecule has 1 N–H and O–H groups in total. The van der Waals surface area contributed by atoms with E-state index in [-0.39, 0.29) is 24.6 Å². The second-order valence-corrected chi connectivity index (χ2v) is 8.47. The van der Waals surface area contributed by atoms with E-state index in [4.69, 9.17) is 14.9 Å². The van der Waals surface area contributed by atoms with Crippen LogP contribution >= 0.6 is 0 Å². The smallest absolute Gasteiger partial charge is 0.329 e. The van der Waals surface area contributed by atoms with Crippen molar-refractivity contribution in [1.29, 1.82) is 5.41 Å². The van der Waals surface area contributed by atoms with Crippen LogP contribution < -0.4 is 19.3 Å². The van der Waals surface area contributed by atoms with Gasteiger partial charge in [-0.1, -0.05) is 6.82 Å². The second kappa shape index (κ2) is 10.4. The maximum Gasteiger partial charge on any atom is 0.329 e. The van der Waals surface area contributed by atoms with E-state index in [1.54, 1.807) is 56.6 Å². The first-order chi connectivity index (χ1) is 17.7. The highest BCUT2D eigenvalue weighted by atomic mass is 19.1. The van der Waals surface area contributed by atoms with Gasteiger partial charge in [0.25, 0.3) is 0 Å². The SMILES string of the molecule is C[B]/C=C(\C(C)=N)c1cc2c(cn1)CN(c1c(F)c(OC)cc(OC)c1F)C(=O)N2Cc1cnn(C)c1. The summed E-state index contributed by atoms with van der Waals surface area (Å²) in [6, 6.07) is 2.16. The summed E-state index contributed by atoms with van der Waals surface area (Å²) >= 11 is 0. The van der Waals surface area contributed by atoms with Crippen molar-refractivity contribution in [1.82, 2.24) is 14.8 Å². The Morgan fingerprint density at radius 2 is 1.86 bits per heavy atom. The molecule has 0 aliphatic carbocycles. The fourth-order valence-corrected chi connectivity index (χ4v) is 4.22. The first-order valence-corrected chi connectivity index (χ1v) is 11.4. The fraction of sp³-hybridized carbons (Fsp3) is 0.280. The van der Waals surface area contributed by atoms with Gasteiger partial charge in [-0.25, -0.2) is 13.6 Å². The molecule has 12 heteroatoms. The van der Waals surface area contributed by atoms with Gasteiger partial charge < -0.3 is 14.9 Å². The molecule has 0 saturated carbocycles. The van der Waals surface area contributed by atoms with Gasteiger partial charge in [0, 0.05) is 47.9 Å². The van der Waals surface area contributed by atoms with Crippen molar-refractivity contribution >= 4 is 36.0 Å². The van der Waals surface area contributed by atoms with Crippen LogP contribution in [0.5, 0.6) is 11.5 Å². The molecule has 191 valence electrons. The van der Waals surface area contributed by atoms with Crippen molar-refractivity contribution in [2.75, 3.05) is 24.0 Å². The van der Waals surface area contributed by atoms with Gasteiger partial charge in [-0.15, -0.1) is 5.98 Å². The standard InChI is InChI=1S/C25H26BF2N6O3/c1-14(29)17(8-26-2)18-6-19-16(10-30-18)13-34(25(35)33(19)12-15-9-31-32(3)11-15)24-22(27)20(36-4)7-21(37-5)23(24)28/h6-11,29H,12-13H2,1-5H3/b17-8+,29-14?. The number of nitrogens with zero attached hydrogens (tertiary/aromatic N) is 5. The molecule has 0 unspecified atom stereocenters. The highest BCUT2D eigenvalue weighted by Gasteiger charge is 2.37. The van der Waals surface area contributed by atoms with E-state index in [2.05, 4.69) is 10.1 Å². The molecule has 0 fully saturated rings. The van der Waals surface area contributed by atoms with E-state index in [0.717, 1.165) is 11.0 Å². The highest BCUT2D eigenvalue weighted by Crippen LogP contribution is 2.41. The zero-order chi connectivity index (χ0) is 26.9. The lowest BCUT2D eigenvalue weighted by Gasteiger charge is -2.37. The number of hydrogen-bond acceptors (Lipinski definition) is 6. The Morgan fingerprint density at radius 3 is 2.41 bits per heavy atom. The number of carbonyl (C=O) groups excluding carboxylic acids is 1. The van der Waals surface area contributed by atoms with Crippen molar-refractivity contribution in [3.63, 3.8) is 0 Å². The predicted molar refractivity (Wildman–Crippen MR) is 138 cm³/mol. The molecule has 1 aliphatic heterocycles. The number of ether oxygens (including phenoxy) is 2. The number of hydrogen-bond donors (Lipinski definition) is 1. The Morgan fingerprint density at radius 1 is 1.19 bits per heavy atom. The van der Waals surface area contributed by atoms with Crippen LogP contribution in [0.15, 0.2) is 36.7 Å². The quantitative estimate of drug-likeness (QED) is 0.361. The predicted octanol–water partition coefficient (Wildman–Crippen LogP) is 4.39. The number of fused-ring (bicyclic) bond motifs is 1. The maximum absolute atomic E-state index is 15.4. The summed E-state index contributed by atoms with van der Waals surface area (Å²) in [5.74, 6) is -0.789. The van der Waals surface area contributed by atoms with Crippen LogP contribution in [0.25, 0.3) is 5.57 Å². The highest BCUT2D eigenvalue weighted by molar-refractivity contribution is 6.45. The number of methoxy groups -OCH3 is 2. The molecular weight excluding hydrogens is 481 g/mol. The largest absolute Gasteiger partial charge is 0.493 e. The van der Waals surface area contributed by atoms with Crippen molar-refractivity contribution in [2.45, 2.75) is 26.8 Å². The third-order valence-corrected chi connectivity index (χ3v) is 5.98. The Labute approximate surface area is 214 Å². The molecular formula is C25H26BF2N6O3. The number of aromatic nitrogens is 3. The summed E-state index contributed by atoms with van der Waals surface area (Å²) in [5.41, 5.74) is 2.62. The molecule has 0 bridgehead atoms. The van der Waals surface area contributed by atoms with Crippen molar-refractivity contribution in [3.8, 4) is 11.5 Å². The molecule has 1 aromatic carbocycles. The van der Waals surface area contributed by atoms with Crippen LogP contribution in [0.3, 0.4) is 0 Å². The first-order valence-electron chi connectivity index (χ1n) is 11.4. The Balaban J connectivity index is 1.89. The summed E-state index contributed by atoms with van der Waals surface area (Å²) in [6.45, 7) is 3.44. The fourth-order valence-electron chi connectivity index (χ4n) is 4.22. The number of halogens is 2. The number of amides is 2. The van der Waals surface area contributed by atoms with Crippen LogP contribution in [0, 0.1) is 17.0 Å². The van der Waals surface area contributed by atoms with Crippen LogP contribution in [-0.2, 0) is 20.1 Å². The summed E-state index contributed by atoms with van der Waals surface area (Å²) in [7, 11) is 6.05. The lowest BCUT2D eigenvalue weighted by Crippen LogP contribution is -2.47. The van der Waals surface area contributed by atoms with Gasteiger partial charge in [0.05, 0.1) is 44.9 Å². The number of pyridine rings is 1. The molecule has 1 radical (unpaired) electrons. The van der Waals surface area contributed by atoms with E-state index in [1.807, 2.05) is 6.82 Å². The van der Waals surface area contributed by atoms with E-state index < -0.39 is 23.4 Å². The summed E-state index contributed by atoms with van der Waals surface area (Å²) in [5, 5.41) is 12.3. The Bertz CT molecular complexity index is 1380.